The van der Waals surface area contributed by atoms with Crippen molar-refractivity contribution in [3.63, 3.8) is 0 Å². The summed E-state index contributed by atoms with van der Waals surface area (Å²) in [6, 6.07) is 13.9. The number of hydrogen-bond acceptors (Lipinski definition) is 1. The summed E-state index contributed by atoms with van der Waals surface area (Å²) in [5.41, 5.74) is 4.43. The molecule has 0 spiro atoms. The maximum atomic E-state index is 3.75. The first-order chi connectivity index (χ1) is 11.7. The van der Waals surface area contributed by atoms with E-state index in [0.717, 1.165) is 6.42 Å². The third-order valence-electron chi connectivity index (χ3n) is 5.10. The second-order valence-corrected chi connectivity index (χ2v) is 11.0. The number of hydrogen-bond donors (Lipinski definition) is 0. The molecule has 2 aromatic carbocycles. The van der Waals surface area contributed by atoms with E-state index in [1.807, 2.05) is 0 Å². The van der Waals surface area contributed by atoms with Crippen LogP contribution in [-0.2, 0) is 23.2 Å². The van der Waals surface area contributed by atoms with Crippen molar-refractivity contribution in [1.82, 2.24) is 0 Å². The molecule has 1 heterocycles. The van der Waals surface area contributed by atoms with Crippen LogP contribution in [0, 0.1) is 0 Å². The third-order valence-corrected chi connectivity index (χ3v) is 8.89. The van der Waals surface area contributed by atoms with Crippen molar-refractivity contribution < 1.29 is 48.0 Å². The normalized spacial score (nSPS) is 18.1. The summed E-state index contributed by atoms with van der Waals surface area (Å²) in [5.74, 6) is 0. The fourth-order valence-electron chi connectivity index (χ4n) is 4.00. The molecule has 1 atom stereocenters. The van der Waals surface area contributed by atoms with E-state index in [-0.39, 0.29) is 24.8 Å². The first-order valence-electron chi connectivity index (χ1n) is 8.23. The van der Waals surface area contributed by atoms with Gasteiger partial charge in [-0.2, -0.15) is 0 Å². The summed E-state index contributed by atoms with van der Waals surface area (Å²) in [6.45, 7) is 0. The van der Waals surface area contributed by atoms with Gasteiger partial charge in [0.15, 0.2) is 0 Å². The molecule has 26 heavy (non-hydrogen) atoms. The van der Waals surface area contributed by atoms with Crippen LogP contribution in [0.25, 0.3) is 11.6 Å². The van der Waals surface area contributed by atoms with Gasteiger partial charge in [-0.1, -0.05) is 0 Å². The topological polar surface area (TPSA) is 3.24 Å². The molecule has 1 aliphatic heterocycles. The maximum absolute atomic E-state index is 3.75. The van der Waals surface area contributed by atoms with Gasteiger partial charge in [0.1, 0.15) is 0 Å². The van der Waals surface area contributed by atoms with E-state index in [0.29, 0.717) is 6.04 Å². The molecule has 0 N–H and O–H groups in total. The zero-order chi connectivity index (χ0) is 16.3. The quantitative estimate of drug-likeness (QED) is 0.401. The molecular formula is C21H16BrCl2NZr. The summed E-state index contributed by atoms with van der Waals surface area (Å²) < 4.78 is 4.48. The number of rotatable bonds is 2. The Bertz CT molecular complexity index is 1060. The van der Waals surface area contributed by atoms with Crippen LogP contribution in [0.15, 0.2) is 62.4 Å². The summed E-state index contributed by atoms with van der Waals surface area (Å²) >= 11 is 2.99. The first-order valence-corrected chi connectivity index (χ1v) is 11.5. The molecule has 0 bridgehead atoms. The van der Waals surface area contributed by atoms with Gasteiger partial charge in [0, 0.05) is 0 Å². The summed E-state index contributed by atoms with van der Waals surface area (Å²) in [6.07, 6.45) is 10.4. The van der Waals surface area contributed by atoms with Crippen LogP contribution >= 0.6 is 15.9 Å². The van der Waals surface area contributed by atoms with Crippen molar-refractivity contribution >= 4 is 36.5 Å². The van der Waals surface area contributed by atoms with Crippen LogP contribution in [0.5, 0.6) is 0 Å². The van der Waals surface area contributed by atoms with E-state index in [1.54, 1.807) is 6.55 Å². The fraction of sp³-hybridized carbons (Fsp3) is 0.143. The fourth-order valence-corrected chi connectivity index (χ4v) is 8.31. The van der Waals surface area contributed by atoms with E-state index in [9.17, 15) is 0 Å². The average Bonchev–Trinajstić information content (AvgIpc) is 3.26. The Kier molecular flexibility index (Phi) is 6.04. The van der Waals surface area contributed by atoms with Crippen molar-refractivity contribution in [2.45, 2.75) is 12.5 Å². The minimum atomic E-state index is -0.756. The molecule has 130 valence electrons. The Morgan fingerprint density at radius 3 is 2.73 bits per heavy atom. The van der Waals surface area contributed by atoms with Crippen LogP contribution in [0.3, 0.4) is 0 Å². The standard InChI is InChI=1S/C16H11BrN.C5H5.2ClH.Zr/c1-18-14-9-11(17)6-7-13(14)16-12-5-3-2-4-10(12)8-15(16)18;1-2-4-5-3-1;;;/h2-6,8-9,15H,1H3;1-3H,4H2;2*1H;/q;;;;+2/p-2. The first kappa shape index (κ1) is 20.1. The SMILES string of the molecule is CN1c2cc(Br)c[c]([Zr+2][C]3=CC=CC3)c2C2=c3ccccc3=CC21.[Cl-].[Cl-]. The smallest absolute Gasteiger partial charge is 1.00 e. The van der Waals surface area contributed by atoms with Gasteiger partial charge in [0.2, 0.25) is 0 Å². The van der Waals surface area contributed by atoms with E-state index >= 15 is 0 Å². The molecule has 2 aromatic rings. The molecule has 0 fully saturated rings. The number of likely N-dealkylation sites (N-methyl/N-ethyl adjacent to an activating group) is 1. The van der Waals surface area contributed by atoms with Crippen molar-refractivity contribution in [2.24, 2.45) is 0 Å². The Labute approximate surface area is 186 Å². The molecular weight excluding hydrogens is 508 g/mol. The van der Waals surface area contributed by atoms with Gasteiger partial charge in [0.25, 0.3) is 0 Å². The van der Waals surface area contributed by atoms with Crippen molar-refractivity contribution in [3.8, 4) is 0 Å². The average molecular weight is 524 g/mol. The zero-order valence-corrected chi connectivity index (χ0v) is 19.7. The van der Waals surface area contributed by atoms with E-state index in [1.165, 1.54) is 31.7 Å². The summed E-state index contributed by atoms with van der Waals surface area (Å²) in [5, 5.41) is 2.81. The van der Waals surface area contributed by atoms with E-state index in [2.05, 4.69) is 88.6 Å². The van der Waals surface area contributed by atoms with Gasteiger partial charge in [-0.25, -0.2) is 0 Å². The molecule has 5 heteroatoms. The van der Waals surface area contributed by atoms with Crippen LogP contribution in [-0.4, -0.2) is 13.1 Å². The van der Waals surface area contributed by atoms with Crippen molar-refractivity contribution in [1.29, 1.82) is 0 Å². The molecule has 0 radical (unpaired) electrons. The van der Waals surface area contributed by atoms with E-state index < -0.39 is 23.2 Å². The molecule has 0 aromatic heterocycles. The number of fused-ring (bicyclic) bond motifs is 4. The number of halogens is 3. The van der Waals surface area contributed by atoms with Gasteiger partial charge in [-0.05, 0) is 0 Å². The Morgan fingerprint density at radius 2 is 1.96 bits per heavy atom. The third kappa shape index (κ3) is 3.12. The Morgan fingerprint density at radius 1 is 1.15 bits per heavy atom. The number of benzene rings is 2. The minimum Gasteiger partial charge on any atom is -1.00 e. The van der Waals surface area contributed by atoms with E-state index in [4.69, 9.17) is 0 Å². The number of anilines is 1. The van der Waals surface area contributed by atoms with Crippen LogP contribution in [0.1, 0.15) is 12.0 Å². The van der Waals surface area contributed by atoms with Gasteiger partial charge >= 0.3 is 163 Å². The molecule has 1 unspecified atom stereocenters. The largest absolute Gasteiger partial charge is 1.00 e. The van der Waals surface area contributed by atoms with Gasteiger partial charge in [-0.3, -0.25) is 0 Å². The second kappa shape index (κ2) is 7.80. The van der Waals surface area contributed by atoms with Gasteiger partial charge < -0.3 is 24.8 Å². The Balaban J connectivity index is 0.000000980. The minimum absolute atomic E-state index is 0. The maximum Gasteiger partial charge on any atom is -1.00 e. The van der Waals surface area contributed by atoms with Gasteiger partial charge in [-0.15, -0.1) is 0 Å². The number of nitrogens with zero attached hydrogens (tertiary/aromatic N) is 1. The molecule has 0 amide bonds. The molecule has 0 saturated carbocycles. The summed E-state index contributed by atoms with van der Waals surface area (Å²) in [4.78, 5) is 2.44. The molecule has 5 rings (SSSR count). The van der Waals surface area contributed by atoms with Crippen LogP contribution in [0.4, 0.5) is 5.69 Å². The molecule has 0 saturated heterocycles. The molecule has 3 aliphatic rings. The second-order valence-electron chi connectivity index (χ2n) is 6.52. The van der Waals surface area contributed by atoms with Crippen LogP contribution in [0.2, 0.25) is 0 Å². The predicted molar refractivity (Wildman–Crippen MR) is 100 cm³/mol. The molecule has 1 nitrogen and oxygen atoms in total. The zero-order valence-electron chi connectivity index (χ0n) is 14.1. The molecule has 2 aliphatic carbocycles. The van der Waals surface area contributed by atoms with Crippen LogP contribution < -0.4 is 43.4 Å². The number of allylic oxidation sites excluding steroid dienone is 4. The van der Waals surface area contributed by atoms with Crippen molar-refractivity contribution in [2.75, 3.05) is 11.9 Å². The van der Waals surface area contributed by atoms with Gasteiger partial charge in [0.05, 0.1) is 0 Å². The van der Waals surface area contributed by atoms with Crippen molar-refractivity contribution in [3.05, 3.63) is 78.4 Å². The Hall–Kier alpha value is -0.597. The monoisotopic (exact) mass is 521 g/mol. The summed E-state index contributed by atoms with van der Waals surface area (Å²) in [7, 11) is 2.23. The predicted octanol–water partition coefficient (Wildman–Crippen LogP) is -3.18.